The SMILES string of the molecule is CC(=O)N1CCCC1.Cn1ccccc1=O. The van der Waals surface area contributed by atoms with Crippen LogP contribution in [0.15, 0.2) is 29.2 Å². The molecule has 1 fully saturated rings. The second kappa shape index (κ2) is 6.10. The van der Waals surface area contributed by atoms with Gasteiger partial charge in [0.05, 0.1) is 0 Å². The van der Waals surface area contributed by atoms with Gasteiger partial charge in [-0.15, -0.1) is 0 Å². The predicted octanol–water partition coefficient (Wildman–Crippen LogP) is 1.01. The largest absolute Gasteiger partial charge is 0.343 e. The van der Waals surface area contributed by atoms with Gasteiger partial charge in [0.15, 0.2) is 0 Å². The Morgan fingerprint density at radius 3 is 2.19 bits per heavy atom. The van der Waals surface area contributed by atoms with Crippen molar-refractivity contribution in [1.29, 1.82) is 0 Å². The molecular formula is C12H18N2O2. The Hall–Kier alpha value is -1.58. The van der Waals surface area contributed by atoms with Gasteiger partial charge in [-0.05, 0) is 18.9 Å². The van der Waals surface area contributed by atoms with E-state index in [0.717, 1.165) is 13.1 Å². The van der Waals surface area contributed by atoms with Crippen LogP contribution in [-0.4, -0.2) is 28.5 Å². The van der Waals surface area contributed by atoms with Crippen LogP contribution in [0, 0.1) is 0 Å². The lowest BCUT2D eigenvalue weighted by molar-refractivity contribution is -0.127. The van der Waals surface area contributed by atoms with Gasteiger partial charge >= 0.3 is 0 Å². The predicted molar refractivity (Wildman–Crippen MR) is 63.2 cm³/mol. The summed E-state index contributed by atoms with van der Waals surface area (Å²) in [4.78, 5) is 23.0. The molecule has 0 atom stereocenters. The number of rotatable bonds is 0. The van der Waals surface area contributed by atoms with Gasteiger partial charge in [-0.1, -0.05) is 6.07 Å². The molecule has 2 heterocycles. The average Bonchev–Trinajstić information content (AvgIpc) is 2.77. The molecule has 2 rings (SSSR count). The van der Waals surface area contributed by atoms with Crippen LogP contribution in [0.1, 0.15) is 19.8 Å². The van der Waals surface area contributed by atoms with Crippen LogP contribution >= 0.6 is 0 Å². The molecule has 1 aliphatic heterocycles. The van der Waals surface area contributed by atoms with Crippen molar-refractivity contribution in [3.05, 3.63) is 34.7 Å². The Balaban J connectivity index is 0.000000160. The van der Waals surface area contributed by atoms with Gasteiger partial charge in [-0.3, -0.25) is 9.59 Å². The van der Waals surface area contributed by atoms with Crippen LogP contribution in [0.4, 0.5) is 0 Å². The third-order valence-electron chi connectivity index (χ3n) is 2.56. The van der Waals surface area contributed by atoms with Gasteiger partial charge in [-0.25, -0.2) is 0 Å². The maximum Gasteiger partial charge on any atom is 0.250 e. The number of amides is 1. The normalized spacial score (nSPS) is 14.2. The highest BCUT2D eigenvalue weighted by Gasteiger charge is 2.12. The van der Waals surface area contributed by atoms with Crippen molar-refractivity contribution in [2.45, 2.75) is 19.8 Å². The van der Waals surface area contributed by atoms with Crippen LogP contribution in [0.3, 0.4) is 0 Å². The molecule has 88 valence electrons. The zero-order chi connectivity index (χ0) is 12.0. The number of pyridine rings is 1. The molecule has 4 nitrogen and oxygen atoms in total. The first-order chi connectivity index (χ1) is 7.61. The molecule has 16 heavy (non-hydrogen) atoms. The maximum absolute atomic E-state index is 10.6. The van der Waals surface area contributed by atoms with Crippen molar-refractivity contribution in [3.63, 3.8) is 0 Å². The van der Waals surface area contributed by atoms with Crippen molar-refractivity contribution in [2.75, 3.05) is 13.1 Å². The van der Waals surface area contributed by atoms with E-state index in [1.54, 1.807) is 26.2 Å². The molecule has 0 unspecified atom stereocenters. The molecule has 1 aromatic heterocycles. The quantitative estimate of drug-likeness (QED) is 0.657. The van der Waals surface area contributed by atoms with E-state index in [9.17, 15) is 9.59 Å². The van der Waals surface area contributed by atoms with Crippen molar-refractivity contribution in [1.82, 2.24) is 9.47 Å². The minimum atomic E-state index is 0.0347. The summed E-state index contributed by atoms with van der Waals surface area (Å²) < 4.78 is 1.53. The number of likely N-dealkylation sites (tertiary alicyclic amines) is 1. The Morgan fingerprint density at radius 1 is 1.25 bits per heavy atom. The lowest BCUT2D eigenvalue weighted by Gasteiger charge is -2.10. The van der Waals surface area contributed by atoms with Crippen molar-refractivity contribution in [3.8, 4) is 0 Å². The van der Waals surface area contributed by atoms with Gasteiger partial charge in [0, 0.05) is 39.3 Å². The van der Waals surface area contributed by atoms with E-state index >= 15 is 0 Å². The zero-order valence-electron chi connectivity index (χ0n) is 9.85. The highest BCUT2D eigenvalue weighted by atomic mass is 16.2. The standard InChI is InChI=1S/C6H7NO.C6H11NO/c1-7-5-3-2-4-6(7)8;1-6(8)7-4-2-3-5-7/h2-5H,1H3;2-5H2,1H3. The first-order valence-corrected chi connectivity index (χ1v) is 5.48. The second-order valence-corrected chi connectivity index (χ2v) is 3.86. The third kappa shape index (κ3) is 3.88. The van der Waals surface area contributed by atoms with Crippen molar-refractivity contribution >= 4 is 5.91 Å². The molecule has 0 N–H and O–H groups in total. The Labute approximate surface area is 95.5 Å². The fourth-order valence-electron chi connectivity index (χ4n) is 1.54. The molecule has 1 aromatic rings. The number of nitrogens with zero attached hydrogens (tertiary/aromatic N) is 2. The van der Waals surface area contributed by atoms with Crippen molar-refractivity contribution in [2.24, 2.45) is 7.05 Å². The monoisotopic (exact) mass is 222 g/mol. The first kappa shape index (κ1) is 12.5. The summed E-state index contributed by atoms with van der Waals surface area (Å²) in [6, 6.07) is 5.07. The summed E-state index contributed by atoms with van der Waals surface area (Å²) in [5.41, 5.74) is 0.0347. The number of aromatic nitrogens is 1. The molecule has 0 aliphatic carbocycles. The van der Waals surface area contributed by atoms with Crippen LogP contribution in [0.5, 0.6) is 0 Å². The fourth-order valence-corrected chi connectivity index (χ4v) is 1.54. The number of aryl methyl sites for hydroxylation is 1. The Bertz CT molecular complexity index is 392. The topological polar surface area (TPSA) is 42.3 Å². The number of carbonyl (C=O) groups excluding carboxylic acids is 1. The maximum atomic E-state index is 10.6. The van der Waals surface area contributed by atoms with Gasteiger partial charge in [-0.2, -0.15) is 0 Å². The van der Waals surface area contributed by atoms with Gasteiger partial charge in [0.1, 0.15) is 0 Å². The summed E-state index contributed by atoms with van der Waals surface area (Å²) in [6.07, 6.45) is 4.11. The zero-order valence-corrected chi connectivity index (χ0v) is 9.85. The molecule has 1 saturated heterocycles. The summed E-state index contributed by atoms with van der Waals surface area (Å²) in [5.74, 6) is 0.225. The lowest BCUT2D eigenvalue weighted by atomic mass is 10.4. The Morgan fingerprint density at radius 2 is 1.88 bits per heavy atom. The number of hydrogen-bond donors (Lipinski definition) is 0. The van der Waals surface area contributed by atoms with Crippen LogP contribution in [-0.2, 0) is 11.8 Å². The lowest BCUT2D eigenvalue weighted by Crippen LogP contribution is -2.24. The molecule has 1 amide bonds. The summed E-state index contributed by atoms with van der Waals surface area (Å²) >= 11 is 0. The molecule has 0 aromatic carbocycles. The fraction of sp³-hybridized carbons (Fsp3) is 0.500. The van der Waals surface area contributed by atoms with Crippen LogP contribution < -0.4 is 5.56 Å². The van der Waals surface area contributed by atoms with E-state index in [4.69, 9.17) is 0 Å². The minimum Gasteiger partial charge on any atom is -0.343 e. The van der Waals surface area contributed by atoms with Crippen LogP contribution in [0.25, 0.3) is 0 Å². The van der Waals surface area contributed by atoms with Gasteiger partial charge in [0.25, 0.3) is 0 Å². The highest BCUT2D eigenvalue weighted by Crippen LogP contribution is 2.05. The number of hydrogen-bond acceptors (Lipinski definition) is 2. The molecule has 0 radical (unpaired) electrons. The van der Waals surface area contributed by atoms with Crippen molar-refractivity contribution < 1.29 is 4.79 Å². The van der Waals surface area contributed by atoms with E-state index in [2.05, 4.69) is 0 Å². The van der Waals surface area contributed by atoms with E-state index in [0.29, 0.717) is 0 Å². The second-order valence-electron chi connectivity index (χ2n) is 3.86. The molecule has 0 saturated carbocycles. The summed E-state index contributed by atoms with van der Waals surface area (Å²) in [6.45, 7) is 3.59. The van der Waals surface area contributed by atoms with E-state index in [-0.39, 0.29) is 11.5 Å². The molecule has 0 spiro atoms. The molecule has 4 heteroatoms. The molecule has 1 aliphatic rings. The van der Waals surface area contributed by atoms with E-state index in [1.165, 1.54) is 23.5 Å². The van der Waals surface area contributed by atoms with Crippen LogP contribution in [0.2, 0.25) is 0 Å². The minimum absolute atomic E-state index is 0.0347. The Kier molecular flexibility index (Phi) is 4.76. The highest BCUT2D eigenvalue weighted by molar-refractivity contribution is 5.73. The molecular weight excluding hydrogens is 204 g/mol. The van der Waals surface area contributed by atoms with E-state index < -0.39 is 0 Å². The summed E-state index contributed by atoms with van der Waals surface area (Å²) in [5, 5.41) is 0. The van der Waals surface area contributed by atoms with E-state index in [1.807, 2.05) is 11.0 Å². The number of carbonyl (C=O) groups is 1. The summed E-state index contributed by atoms with van der Waals surface area (Å²) in [7, 11) is 1.72. The third-order valence-corrected chi connectivity index (χ3v) is 2.56. The van der Waals surface area contributed by atoms with Gasteiger partial charge in [0.2, 0.25) is 11.5 Å². The smallest absolute Gasteiger partial charge is 0.250 e. The van der Waals surface area contributed by atoms with Gasteiger partial charge < -0.3 is 9.47 Å². The first-order valence-electron chi connectivity index (χ1n) is 5.48. The molecule has 0 bridgehead atoms. The average molecular weight is 222 g/mol.